The molecule has 0 spiro atoms. The van der Waals surface area contributed by atoms with E-state index in [9.17, 15) is 9.59 Å². The normalized spacial score (nSPS) is 10.5. The van der Waals surface area contributed by atoms with Gasteiger partial charge in [0.2, 0.25) is 0 Å². The molecule has 5 nitrogen and oxygen atoms in total. The minimum Gasteiger partial charge on any atom is -0.465 e. The van der Waals surface area contributed by atoms with Crippen LogP contribution in [0.5, 0.6) is 0 Å². The van der Waals surface area contributed by atoms with Crippen LogP contribution in [0.1, 0.15) is 34.7 Å². The molecule has 1 heterocycles. The third kappa shape index (κ3) is 2.23. The van der Waals surface area contributed by atoms with Crippen molar-refractivity contribution in [2.75, 3.05) is 7.11 Å². The van der Waals surface area contributed by atoms with Gasteiger partial charge in [-0.05, 0) is 0 Å². The van der Waals surface area contributed by atoms with Crippen LogP contribution in [0.3, 0.4) is 0 Å². The van der Waals surface area contributed by atoms with Crippen LogP contribution in [0, 0.1) is 5.92 Å². The molecule has 0 bridgehead atoms. The van der Waals surface area contributed by atoms with Gasteiger partial charge in [-0.25, -0.2) is 4.79 Å². The van der Waals surface area contributed by atoms with Gasteiger partial charge in [0.05, 0.1) is 7.11 Å². The van der Waals surface area contributed by atoms with Crippen LogP contribution in [0.2, 0.25) is 0 Å². The highest BCUT2D eigenvalue weighted by molar-refractivity contribution is 6.05. The molecule has 0 aliphatic heterocycles. The van der Waals surface area contributed by atoms with Gasteiger partial charge in [-0.15, -0.1) is 0 Å². The molecule has 0 fully saturated rings. The highest BCUT2D eigenvalue weighted by atomic mass is 16.5. The zero-order valence-corrected chi connectivity index (χ0v) is 9.27. The minimum atomic E-state index is -0.535. The van der Waals surface area contributed by atoms with Gasteiger partial charge in [0.1, 0.15) is 11.3 Å². The number of rotatable bonds is 3. The number of hydrogen-bond donors (Lipinski definition) is 0. The van der Waals surface area contributed by atoms with Gasteiger partial charge in [-0.2, -0.15) is 5.10 Å². The molecule has 0 radical (unpaired) electrons. The molecular formula is C10H14N2O3. The lowest BCUT2D eigenvalue weighted by atomic mass is 10.0. The maximum atomic E-state index is 11.7. The molecule has 1 aromatic heterocycles. The van der Waals surface area contributed by atoms with Crippen LogP contribution < -0.4 is 0 Å². The molecule has 1 aromatic rings. The van der Waals surface area contributed by atoms with Crippen LogP contribution in [0.15, 0.2) is 6.20 Å². The van der Waals surface area contributed by atoms with Gasteiger partial charge in [0.25, 0.3) is 0 Å². The van der Waals surface area contributed by atoms with Crippen molar-refractivity contribution >= 4 is 11.8 Å². The van der Waals surface area contributed by atoms with Gasteiger partial charge in [0, 0.05) is 19.2 Å². The predicted molar refractivity (Wildman–Crippen MR) is 53.7 cm³/mol. The summed E-state index contributed by atoms with van der Waals surface area (Å²) in [4.78, 5) is 23.1. The maximum Gasteiger partial charge on any atom is 0.341 e. The summed E-state index contributed by atoms with van der Waals surface area (Å²) in [5.74, 6) is -0.883. The Morgan fingerprint density at radius 2 is 2.07 bits per heavy atom. The van der Waals surface area contributed by atoms with E-state index in [-0.39, 0.29) is 23.0 Å². The molecule has 1 rings (SSSR count). The molecule has 0 saturated heterocycles. The van der Waals surface area contributed by atoms with Crippen molar-refractivity contribution in [1.29, 1.82) is 0 Å². The van der Waals surface area contributed by atoms with Crippen molar-refractivity contribution in [3.05, 3.63) is 17.5 Å². The molecule has 0 aliphatic rings. The number of carbonyl (C=O) groups is 2. The predicted octanol–water partition coefficient (Wildman–Crippen LogP) is 1.05. The number of Topliss-reactive ketones (excluding diaryl/α,β-unsaturated/α-hetero) is 1. The molecule has 0 N–H and O–H groups in total. The van der Waals surface area contributed by atoms with Crippen molar-refractivity contribution in [1.82, 2.24) is 9.78 Å². The average molecular weight is 210 g/mol. The third-order valence-corrected chi connectivity index (χ3v) is 1.99. The van der Waals surface area contributed by atoms with Gasteiger partial charge < -0.3 is 4.74 Å². The third-order valence-electron chi connectivity index (χ3n) is 1.99. The smallest absolute Gasteiger partial charge is 0.341 e. The molecule has 0 saturated carbocycles. The summed E-state index contributed by atoms with van der Waals surface area (Å²) in [6, 6.07) is 0. The first-order valence-electron chi connectivity index (χ1n) is 4.63. The Labute approximate surface area is 88.0 Å². The zero-order valence-electron chi connectivity index (χ0n) is 9.27. The second kappa shape index (κ2) is 4.25. The van der Waals surface area contributed by atoms with Gasteiger partial charge in [-0.3, -0.25) is 9.48 Å². The Hall–Kier alpha value is -1.65. The largest absolute Gasteiger partial charge is 0.465 e. The number of esters is 1. The Bertz CT molecular complexity index is 393. The second-order valence-electron chi connectivity index (χ2n) is 3.58. The fourth-order valence-electron chi connectivity index (χ4n) is 1.20. The molecule has 0 amide bonds. The summed E-state index contributed by atoms with van der Waals surface area (Å²) in [6.45, 7) is 3.52. The standard InChI is InChI=1S/C10H14N2O3/c1-6(2)9(13)8-7(10(14)15-4)5-12(3)11-8/h5-6H,1-4H3. The van der Waals surface area contributed by atoms with E-state index in [1.807, 2.05) is 0 Å². The number of aromatic nitrogens is 2. The number of methoxy groups -OCH3 is 1. The van der Waals surface area contributed by atoms with E-state index in [1.165, 1.54) is 18.0 Å². The van der Waals surface area contributed by atoms with Crippen LogP contribution in [-0.2, 0) is 11.8 Å². The Morgan fingerprint density at radius 3 is 2.53 bits per heavy atom. The Kier molecular flexibility index (Phi) is 3.24. The summed E-state index contributed by atoms with van der Waals surface area (Å²) in [7, 11) is 2.93. The van der Waals surface area contributed by atoms with Crippen LogP contribution in [0.25, 0.3) is 0 Å². The monoisotopic (exact) mass is 210 g/mol. The van der Waals surface area contributed by atoms with Crippen molar-refractivity contribution in [3.63, 3.8) is 0 Å². The molecule has 5 heteroatoms. The van der Waals surface area contributed by atoms with E-state index in [1.54, 1.807) is 20.9 Å². The summed E-state index contributed by atoms with van der Waals surface area (Å²) in [6.07, 6.45) is 1.49. The van der Waals surface area contributed by atoms with E-state index in [2.05, 4.69) is 9.84 Å². The van der Waals surface area contributed by atoms with E-state index in [0.29, 0.717) is 0 Å². The topological polar surface area (TPSA) is 61.2 Å². The van der Waals surface area contributed by atoms with Crippen molar-refractivity contribution in [2.45, 2.75) is 13.8 Å². The highest BCUT2D eigenvalue weighted by Gasteiger charge is 2.23. The molecule has 15 heavy (non-hydrogen) atoms. The number of aryl methyl sites for hydroxylation is 1. The lowest BCUT2D eigenvalue weighted by Crippen LogP contribution is -2.13. The first-order valence-corrected chi connectivity index (χ1v) is 4.63. The van der Waals surface area contributed by atoms with Crippen molar-refractivity contribution in [3.8, 4) is 0 Å². The molecule has 0 aromatic carbocycles. The second-order valence-corrected chi connectivity index (χ2v) is 3.58. The SMILES string of the molecule is COC(=O)c1cn(C)nc1C(=O)C(C)C. The van der Waals surface area contributed by atoms with Crippen LogP contribution in [-0.4, -0.2) is 28.6 Å². The first kappa shape index (κ1) is 11.4. The molecular weight excluding hydrogens is 196 g/mol. The number of nitrogens with zero attached hydrogens (tertiary/aromatic N) is 2. The summed E-state index contributed by atoms with van der Waals surface area (Å²) < 4.78 is 6.01. The minimum absolute atomic E-state index is 0.156. The van der Waals surface area contributed by atoms with E-state index in [4.69, 9.17) is 0 Å². The lowest BCUT2D eigenvalue weighted by molar-refractivity contribution is 0.0596. The molecule has 0 unspecified atom stereocenters. The van der Waals surface area contributed by atoms with E-state index < -0.39 is 5.97 Å². The number of hydrogen-bond acceptors (Lipinski definition) is 4. The first-order chi connectivity index (χ1) is 6.97. The number of ether oxygens (including phenoxy) is 1. The van der Waals surface area contributed by atoms with Gasteiger partial charge in [-0.1, -0.05) is 13.8 Å². The Balaban J connectivity index is 3.17. The summed E-state index contributed by atoms with van der Waals surface area (Å²) in [5, 5.41) is 3.97. The highest BCUT2D eigenvalue weighted by Crippen LogP contribution is 2.13. The van der Waals surface area contributed by atoms with Crippen molar-refractivity contribution < 1.29 is 14.3 Å². The average Bonchev–Trinajstić information content (AvgIpc) is 2.57. The summed E-state index contributed by atoms with van der Waals surface area (Å²) >= 11 is 0. The quantitative estimate of drug-likeness (QED) is 0.552. The Morgan fingerprint density at radius 1 is 1.47 bits per heavy atom. The summed E-state index contributed by atoms with van der Waals surface area (Å²) in [5.41, 5.74) is 0.401. The van der Waals surface area contributed by atoms with Crippen molar-refractivity contribution in [2.24, 2.45) is 13.0 Å². The number of ketones is 1. The van der Waals surface area contributed by atoms with Crippen LogP contribution >= 0.6 is 0 Å². The maximum absolute atomic E-state index is 11.7. The van der Waals surface area contributed by atoms with Crippen LogP contribution in [0.4, 0.5) is 0 Å². The fourth-order valence-corrected chi connectivity index (χ4v) is 1.20. The molecule has 82 valence electrons. The lowest BCUT2D eigenvalue weighted by Gasteiger charge is -2.02. The fraction of sp³-hybridized carbons (Fsp3) is 0.500. The van der Waals surface area contributed by atoms with E-state index >= 15 is 0 Å². The molecule has 0 atom stereocenters. The van der Waals surface area contributed by atoms with E-state index in [0.717, 1.165) is 0 Å². The van der Waals surface area contributed by atoms with Gasteiger partial charge in [0.15, 0.2) is 5.78 Å². The zero-order chi connectivity index (χ0) is 11.6. The molecule has 0 aliphatic carbocycles. The number of carbonyl (C=O) groups excluding carboxylic acids is 2. The van der Waals surface area contributed by atoms with Gasteiger partial charge >= 0.3 is 5.97 Å².